The number of azo groups is 1. The van der Waals surface area contributed by atoms with Gasteiger partial charge in [0.25, 0.3) is 5.69 Å². The highest BCUT2D eigenvalue weighted by molar-refractivity contribution is 7.80. The van der Waals surface area contributed by atoms with Crippen molar-refractivity contribution in [2.45, 2.75) is 0 Å². The molecule has 3 rings (SSSR count). The van der Waals surface area contributed by atoms with Gasteiger partial charge in [0.05, 0.1) is 21.9 Å². The van der Waals surface area contributed by atoms with Crippen molar-refractivity contribution in [3.8, 4) is 0 Å². The molecule has 1 aromatic heterocycles. The molecule has 0 atom stereocenters. The largest absolute Gasteiger partial charge is 0.438 e. The first kappa shape index (κ1) is 16.4. The quantitative estimate of drug-likeness (QED) is 0.318. The molecule has 0 aliphatic heterocycles. The van der Waals surface area contributed by atoms with E-state index in [-0.39, 0.29) is 16.2 Å². The van der Waals surface area contributed by atoms with Crippen LogP contribution in [-0.4, -0.2) is 9.91 Å². The van der Waals surface area contributed by atoms with E-state index in [0.29, 0.717) is 27.9 Å². The zero-order valence-electron chi connectivity index (χ0n) is 12.7. The van der Waals surface area contributed by atoms with Crippen molar-refractivity contribution >= 4 is 45.2 Å². The van der Waals surface area contributed by atoms with Crippen molar-refractivity contribution in [1.29, 1.82) is 5.41 Å². The Morgan fingerprint density at radius 2 is 1.76 bits per heavy atom. The number of thiocarbonyl (C=S) groups is 1. The first-order valence-corrected chi connectivity index (χ1v) is 7.43. The summed E-state index contributed by atoms with van der Waals surface area (Å²) < 4.78 is 5.37. The number of nitrogens with one attached hydrogen (secondary N) is 1. The first-order chi connectivity index (χ1) is 11.9. The molecule has 3 aromatic rings. The number of benzene rings is 2. The molecule has 0 saturated carbocycles. The van der Waals surface area contributed by atoms with Crippen molar-refractivity contribution in [3.05, 3.63) is 69.8 Å². The van der Waals surface area contributed by atoms with Crippen LogP contribution in [0, 0.1) is 15.5 Å². The van der Waals surface area contributed by atoms with Gasteiger partial charge in [0.2, 0.25) is 5.55 Å². The molecule has 8 nitrogen and oxygen atoms in total. The Labute approximate surface area is 146 Å². The third kappa shape index (κ3) is 3.56. The summed E-state index contributed by atoms with van der Waals surface area (Å²) in [5.74, 6) is 0. The fourth-order valence-corrected chi connectivity index (χ4v) is 2.28. The molecule has 0 bridgehead atoms. The Bertz CT molecular complexity index is 1070. The molecule has 9 heteroatoms. The summed E-state index contributed by atoms with van der Waals surface area (Å²) in [6.45, 7) is 0. The van der Waals surface area contributed by atoms with E-state index in [9.17, 15) is 10.1 Å². The van der Waals surface area contributed by atoms with E-state index in [2.05, 4.69) is 10.2 Å². The van der Waals surface area contributed by atoms with Crippen molar-refractivity contribution in [2.75, 3.05) is 0 Å². The topological polar surface area (TPSA) is 131 Å². The maximum atomic E-state index is 10.6. The monoisotopic (exact) mass is 353 g/mol. The molecule has 0 amide bonds. The molecule has 0 fully saturated rings. The van der Waals surface area contributed by atoms with Crippen LogP contribution in [0.4, 0.5) is 17.1 Å². The van der Waals surface area contributed by atoms with Crippen molar-refractivity contribution in [1.82, 2.24) is 0 Å². The van der Waals surface area contributed by atoms with E-state index in [1.165, 1.54) is 24.3 Å². The van der Waals surface area contributed by atoms with Crippen molar-refractivity contribution in [2.24, 2.45) is 16.0 Å². The number of nitrogens with two attached hydrogens (primary N) is 1. The van der Waals surface area contributed by atoms with Gasteiger partial charge in [-0.05, 0) is 36.4 Å². The molecule has 3 N–H and O–H groups in total. The molecule has 124 valence electrons. The average Bonchev–Trinajstić information content (AvgIpc) is 2.59. The van der Waals surface area contributed by atoms with E-state index < -0.39 is 4.92 Å². The summed E-state index contributed by atoms with van der Waals surface area (Å²) in [5.41, 5.74) is 7.34. The molecular weight excluding hydrogens is 342 g/mol. The predicted octanol–water partition coefficient (Wildman–Crippen LogP) is 3.87. The van der Waals surface area contributed by atoms with Gasteiger partial charge in [0.1, 0.15) is 10.6 Å². The lowest BCUT2D eigenvalue weighted by molar-refractivity contribution is -0.384. The van der Waals surface area contributed by atoms with Crippen LogP contribution < -0.4 is 11.3 Å². The first-order valence-electron chi connectivity index (χ1n) is 7.02. The lowest BCUT2D eigenvalue weighted by atomic mass is 10.1. The number of nitrogens with zero attached hydrogens (tertiary/aromatic N) is 3. The lowest BCUT2D eigenvalue weighted by Gasteiger charge is -2.02. The smallest absolute Gasteiger partial charge is 0.269 e. The Morgan fingerprint density at radius 1 is 1.12 bits per heavy atom. The van der Waals surface area contributed by atoms with Gasteiger partial charge in [0.15, 0.2) is 0 Å². The summed E-state index contributed by atoms with van der Waals surface area (Å²) in [4.78, 5) is 10.2. The normalized spacial score (nSPS) is 11.0. The SMILES string of the molecule is N=c1oc2ccc(N=Nc3ccc([N+](=O)[O-])cc3)cc2cc1C(N)=S. The van der Waals surface area contributed by atoms with Crippen LogP contribution in [0.15, 0.2) is 63.2 Å². The number of non-ortho nitro benzene ring substituents is 1. The molecule has 0 aliphatic rings. The minimum atomic E-state index is -0.478. The van der Waals surface area contributed by atoms with Crippen LogP contribution in [0.3, 0.4) is 0 Å². The maximum absolute atomic E-state index is 10.6. The summed E-state index contributed by atoms with van der Waals surface area (Å²) in [6, 6.07) is 12.5. The second-order valence-corrected chi connectivity index (χ2v) is 5.49. The summed E-state index contributed by atoms with van der Waals surface area (Å²) >= 11 is 4.90. The van der Waals surface area contributed by atoms with Crippen molar-refractivity contribution < 1.29 is 9.34 Å². The van der Waals surface area contributed by atoms with Crippen LogP contribution in [0.1, 0.15) is 5.56 Å². The van der Waals surface area contributed by atoms with Crippen LogP contribution in [-0.2, 0) is 0 Å². The van der Waals surface area contributed by atoms with E-state index in [1.54, 1.807) is 24.3 Å². The fraction of sp³-hybridized carbons (Fsp3) is 0. The Morgan fingerprint density at radius 3 is 2.40 bits per heavy atom. The number of nitro groups is 1. The van der Waals surface area contributed by atoms with Crippen LogP contribution in [0.5, 0.6) is 0 Å². The number of hydrogen-bond donors (Lipinski definition) is 2. The Balaban J connectivity index is 1.93. The van der Waals surface area contributed by atoms with Crippen LogP contribution >= 0.6 is 12.2 Å². The van der Waals surface area contributed by atoms with Gasteiger partial charge in [-0.15, -0.1) is 0 Å². The van der Waals surface area contributed by atoms with Gasteiger partial charge in [-0.25, -0.2) is 0 Å². The number of rotatable bonds is 4. The van der Waals surface area contributed by atoms with Gasteiger partial charge in [-0.3, -0.25) is 15.5 Å². The zero-order valence-corrected chi connectivity index (χ0v) is 13.5. The minimum Gasteiger partial charge on any atom is -0.438 e. The Hall–Kier alpha value is -3.46. The van der Waals surface area contributed by atoms with E-state index in [4.69, 9.17) is 27.8 Å². The molecule has 0 saturated heterocycles. The second-order valence-electron chi connectivity index (χ2n) is 5.05. The summed E-state index contributed by atoms with van der Waals surface area (Å²) in [7, 11) is 0. The predicted molar refractivity (Wildman–Crippen MR) is 95.2 cm³/mol. The Kier molecular flexibility index (Phi) is 4.31. The highest BCUT2D eigenvalue weighted by Crippen LogP contribution is 2.24. The van der Waals surface area contributed by atoms with E-state index >= 15 is 0 Å². The zero-order chi connectivity index (χ0) is 18.0. The average molecular weight is 353 g/mol. The van der Waals surface area contributed by atoms with Gasteiger partial charge in [0, 0.05) is 17.5 Å². The molecule has 2 aromatic carbocycles. The molecule has 0 unspecified atom stereocenters. The number of hydrogen-bond acceptors (Lipinski definition) is 7. The third-order valence-corrected chi connectivity index (χ3v) is 3.58. The molecule has 1 heterocycles. The third-order valence-electron chi connectivity index (χ3n) is 3.36. The van der Waals surface area contributed by atoms with Crippen LogP contribution in [0.25, 0.3) is 11.0 Å². The van der Waals surface area contributed by atoms with Gasteiger partial charge < -0.3 is 10.2 Å². The van der Waals surface area contributed by atoms with Crippen LogP contribution in [0.2, 0.25) is 0 Å². The maximum Gasteiger partial charge on any atom is 0.269 e. The standard InChI is InChI=1S/C16H11N5O3S/c17-15-13(16(18)25)8-9-7-11(3-6-14(9)24-15)20-19-10-1-4-12(5-2-10)21(22)23/h1-8,17H,(H2,18,25). The molecule has 0 spiro atoms. The van der Waals surface area contributed by atoms with Gasteiger partial charge in [-0.2, -0.15) is 10.2 Å². The number of fused-ring (bicyclic) bond motifs is 1. The molecule has 0 aliphatic carbocycles. The minimum absolute atomic E-state index is 0.0113. The highest BCUT2D eigenvalue weighted by atomic mass is 32.1. The van der Waals surface area contributed by atoms with Gasteiger partial charge >= 0.3 is 0 Å². The van der Waals surface area contributed by atoms with Gasteiger partial charge in [-0.1, -0.05) is 12.2 Å². The molecule has 25 heavy (non-hydrogen) atoms. The lowest BCUT2D eigenvalue weighted by Crippen LogP contribution is -2.19. The van der Waals surface area contributed by atoms with E-state index in [1.807, 2.05) is 0 Å². The van der Waals surface area contributed by atoms with E-state index in [0.717, 1.165) is 0 Å². The fourth-order valence-electron chi connectivity index (χ4n) is 2.13. The number of nitro benzene ring substituents is 1. The highest BCUT2D eigenvalue weighted by Gasteiger charge is 2.06. The molecule has 0 radical (unpaired) electrons. The molecular formula is C16H11N5O3S. The second kappa shape index (κ2) is 6.57. The summed E-state index contributed by atoms with van der Waals surface area (Å²) in [5, 5.41) is 27.2. The van der Waals surface area contributed by atoms with Crippen molar-refractivity contribution in [3.63, 3.8) is 0 Å². The summed E-state index contributed by atoms with van der Waals surface area (Å²) in [6.07, 6.45) is 0.